The van der Waals surface area contributed by atoms with E-state index in [4.69, 9.17) is 9.72 Å². The summed E-state index contributed by atoms with van der Waals surface area (Å²) in [5.41, 5.74) is 2.87. The van der Waals surface area contributed by atoms with E-state index in [1.54, 1.807) is 29.9 Å². The number of amides is 1. The molecule has 162 valence electrons. The van der Waals surface area contributed by atoms with Crippen molar-refractivity contribution in [1.82, 2.24) is 9.55 Å². The van der Waals surface area contributed by atoms with Crippen LogP contribution in [0.2, 0.25) is 0 Å². The summed E-state index contributed by atoms with van der Waals surface area (Å²) in [6.45, 7) is 2.05. The molecule has 4 aromatic rings. The van der Waals surface area contributed by atoms with Crippen molar-refractivity contribution in [2.24, 2.45) is 0 Å². The minimum atomic E-state index is -0.211. The summed E-state index contributed by atoms with van der Waals surface area (Å²) in [4.78, 5) is 30.8. The molecule has 1 heterocycles. The highest BCUT2D eigenvalue weighted by atomic mass is 32.2. The summed E-state index contributed by atoms with van der Waals surface area (Å²) in [5, 5.41) is 3.88. The van der Waals surface area contributed by atoms with E-state index in [0.29, 0.717) is 27.5 Å². The van der Waals surface area contributed by atoms with Gasteiger partial charge in [0, 0.05) is 0 Å². The Morgan fingerprint density at radius 2 is 1.75 bits per heavy atom. The van der Waals surface area contributed by atoms with Crippen LogP contribution in [-0.2, 0) is 11.2 Å². The predicted octanol–water partition coefficient (Wildman–Crippen LogP) is 4.69. The normalized spacial score (nSPS) is 10.8. The number of rotatable bonds is 7. The Bertz CT molecular complexity index is 1330. The van der Waals surface area contributed by atoms with Crippen molar-refractivity contribution in [2.45, 2.75) is 18.5 Å². The number of fused-ring (bicyclic) bond motifs is 1. The fourth-order valence-electron chi connectivity index (χ4n) is 3.51. The molecule has 4 rings (SSSR count). The second-order valence-corrected chi connectivity index (χ2v) is 8.01. The lowest BCUT2D eigenvalue weighted by Gasteiger charge is -2.16. The van der Waals surface area contributed by atoms with Crippen molar-refractivity contribution < 1.29 is 9.53 Å². The molecule has 0 saturated heterocycles. The average molecular weight is 446 g/mol. The summed E-state index contributed by atoms with van der Waals surface area (Å²) in [6, 6.07) is 22.3. The molecular formula is C25H23N3O3S. The zero-order chi connectivity index (χ0) is 22.5. The largest absolute Gasteiger partial charge is 0.495 e. The molecule has 0 saturated carbocycles. The van der Waals surface area contributed by atoms with Gasteiger partial charge in [0.1, 0.15) is 5.75 Å². The van der Waals surface area contributed by atoms with E-state index in [9.17, 15) is 9.59 Å². The van der Waals surface area contributed by atoms with Crippen LogP contribution in [0.3, 0.4) is 0 Å². The Hall–Kier alpha value is -3.58. The van der Waals surface area contributed by atoms with Crippen LogP contribution in [0.5, 0.6) is 5.75 Å². The number of methoxy groups -OCH3 is 1. The van der Waals surface area contributed by atoms with E-state index in [0.717, 1.165) is 17.7 Å². The minimum Gasteiger partial charge on any atom is -0.495 e. The third kappa shape index (κ3) is 4.38. The Morgan fingerprint density at radius 3 is 2.56 bits per heavy atom. The molecule has 1 N–H and O–H groups in total. The molecule has 0 radical (unpaired) electrons. The first-order chi connectivity index (χ1) is 15.6. The van der Waals surface area contributed by atoms with Gasteiger partial charge in [-0.05, 0) is 42.3 Å². The second kappa shape index (κ2) is 9.70. The molecule has 0 aliphatic rings. The number of aryl methyl sites for hydroxylation is 1. The number of thioether (sulfide) groups is 1. The van der Waals surface area contributed by atoms with Crippen LogP contribution < -0.4 is 15.6 Å². The van der Waals surface area contributed by atoms with Crippen LogP contribution in [0.15, 0.2) is 82.7 Å². The highest BCUT2D eigenvalue weighted by molar-refractivity contribution is 7.99. The number of hydrogen-bond donors (Lipinski definition) is 1. The lowest BCUT2D eigenvalue weighted by molar-refractivity contribution is -0.113. The summed E-state index contributed by atoms with van der Waals surface area (Å²) in [7, 11) is 1.56. The number of ether oxygens (including phenoxy) is 1. The molecule has 0 atom stereocenters. The summed E-state index contributed by atoms with van der Waals surface area (Å²) in [5.74, 6) is 0.470. The molecule has 0 bridgehead atoms. The number of carbonyl (C=O) groups excluding carboxylic acids is 1. The molecule has 1 amide bonds. The number of anilines is 1. The van der Waals surface area contributed by atoms with Gasteiger partial charge in [0.05, 0.1) is 35.1 Å². The Morgan fingerprint density at radius 1 is 1.03 bits per heavy atom. The predicted molar refractivity (Wildman–Crippen MR) is 129 cm³/mol. The SMILES string of the molecule is CCc1ccccc1-n1c(SCC(=O)Nc2ccccc2OC)nc2ccccc2c1=O. The molecule has 3 aromatic carbocycles. The number of benzene rings is 3. The highest BCUT2D eigenvalue weighted by Crippen LogP contribution is 2.26. The Kier molecular flexibility index (Phi) is 6.56. The van der Waals surface area contributed by atoms with Gasteiger partial charge in [0.25, 0.3) is 5.56 Å². The topological polar surface area (TPSA) is 73.2 Å². The lowest BCUT2D eigenvalue weighted by Crippen LogP contribution is -2.23. The van der Waals surface area contributed by atoms with Gasteiger partial charge >= 0.3 is 0 Å². The minimum absolute atomic E-state index is 0.0944. The standard InChI is InChI=1S/C25H23N3O3S/c1-3-17-10-4-8-14-21(17)28-24(30)18-11-5-6-12-19(18)27-25(28)32-16-23(29)26-20-13-7-9-15-22(20)31-2/h4-15H,3,16H2,1-2H3,(H,26,29). The van der Waals surface area contributed by atoms with Gasteiger partial charge in [0.2, 0.25) is 5.91 Å². The third-order valence-corrected chi connectivity index (χ3v) is 6.01. The zero-order valence-electron chi connectivity index (χ0n) is 17.9. The van der Waals surface area contributed by atoms with E-state index in [1.165, 1.54) is 11.8 Å². The molecule has 1 aromatic heterocycles. The van der Waals surface area contributed by atoms with Gasteiger partial charge in [-0.3, -0.25) is 14.2 Å². The molecule has 0 unspecified atom stereocenters. The van der Waals surface area contributed by atoms with Crippen molar-refractivity contribution in [3.05, 3.63) is 88.7 Å². The van der Waals surface area contributed by atoms with Gasteiger partial charge in [0.15, 0.2) is 5.16 Å². The number of nitrogens with one attached hydrogen (secondary N) is 1. The first-order valence-electron chi connectivity index (χ1n) is 10.3. The van der Waals surface area contributed by atoms with Gasteiger partial charge < -0.3 is 10.1 Å². The number of aromatic nitrogens is 2. The van der Waals surface area contributed by atoms with Crippen molar-refractivity contribution in [3.8, 4) is 11.4 Å². The zero-order valence-corrected chi connectivity index (χ0v) is 18.7. The third-order valence-electron chi connectivity index (χ3n) is 5.07. The maximum atomic E-state index is 13.4. The van der Waals surface area contributed by atoms with E-state index < -0.39 is 0 Å². The maximum absolute atomic E-state index is 13.4. The van der Waals surface area contributed by atoms with Crippen LogP contribution in [-0.4, -0.2) is 28.3 Å². The van der Waals surface area contributed by atoms with Gasteiger partial charge in [-0.1, -0.05) is 61.2 Å². The van der Waals surface area contributed by atoms with E-state index in [-0.39, 0.29) is 17.2 Å². The van der Waals surface area contributed by atoms with Crippen molar-refractivity contribution in [1.29, 1.82) is 0 Å². The fourth-order valence-corrected chi connectivity index (χ4v) is 4.32. The molecule has 0 spiro atoms. The van der Waals surface area contributed by atoms with Gasteiger partial charge in [-0.25, -0.2) is 4.98 Å². The molecule has 0 aliphatic carbocycles. The van der Waals surface area contributed by atoms with Crippen LogP contribution in [0, 0.1) is 0 Å². The molecule has 0 fully saturated rings. The smallest absolute Gasteiger partial charge is 0.266 e. The molecule has 0 aliphatic heterocycles. The Labute approximate surface area is 190 Å². The van der Waals surface area contributed by atoms with Crippen molar-refractivity contribution >= 4 is 34.3 Å². The van der Waals surface area contributed by atoms with Crippen LogP contribution >= 0.6 is 11.8 Å². The highest BCUT2D eigenvalue weighted by Gasteiger charge is 2.17. The van der Waals surface area contributed by atoms with Gasteiger partial charge in [-0.2, -0.15) is 0 Å². The van der Waals surface area contributed by atoms with E-state index >= 15 is 0 Å². The fraction of sp³-hybridized carbons (Fsp3) is 0.160. The molecule has 32 heavy (non-hydrogen) atoms. The summed E-state index contributed by atoms with van der Waals surface area (Å²) < 4.78 is 6.91. The van der Waals surface area contributed by atoms with Crippen LogP contribution in [0.4, 0.5) is 5.69 Å². The first-order valence-corrected chi connectivity index (χ1v) is 11.3. The van der Waals surface area contributed by atoms with Gasteiger partial charge in [-0.15, -0.1) is 0 Å². The summed E-state index contributed by atoms with van der Waals surface area (Å²) >= 11 is 1.23. The van der Waals surface area contributed by atoms with Crippen molar-refractivity contribution in [3.63, 3.8) is 0 Å². The maximum Gasteiger partial charge on any atom is 0.266 e. The summed E-state index contributed by atoms with van der Waals surface area (Å²) in [6.07, 6.45) is 0.772. The number of nitrogens with zero attached hydrogens (tertiary/aromatic N) is 2. The molecule has 6 nitrogen and oxygen atoms in total. The van der Waals surface area contributed by atoms with E-state index in [1.807, 2.05) is 61.5 Å². The second-order valence-electron chi connectivity index (χ2n) is 7.07. The lowest BCUT2D eigenvalue weighted by atomic mass is 10.1. The van der Waals surface area contributed by atoms with Crippen LogP contribution in [0.1, 0.15) is 12.5 Å². The average Bonchev–Trinajstić information content (AvgIpc) is 2.83. The van der Waals surface area contributed by atoms with E-state index in [2.05, 4.69) is 5.32 Å². The number of hydrogen-bond acceptors (Lipinski definition) is 5. The van der Waals surface area contributed by atoms with Crippen molar-refractivity contribution in [2.75, 3.05) is 18.2 Å². The monoisotopic (exact) mass is 445 g/mol. The first kappa shape index (κ1) is 21.6. The molecule has 7 heteroatoms. The molecular weight excluding hydrogens is 422 g/mol. The van der Waals surface area contributed by atoms with Crippen LogP contribution in [0.25, 0.3) is 16.6 Å². The Balaban J connectivity index is 1.70. The quantitative estimate of drug-likeness (QED) is 0.330. The number of para-hydroxylation sites is 4. The number of carbonyl (C=O) groups is 1.